The van der Waals surface area contributed by atoms with Crippen LogP contribution in [-0.2, 0) is 11.4 Å². The summed E-state index contributed by atoms with van der Waals surface area (Å²) in [6.45, 7) is 3.24. The molecular weight excluding hydrogens is 338 g/mol. The Morgan fingerprint density at radius 2 is 2.00 bits per heavy atom. The molecule has 0 unspecified atom stereocenters. The van der Waals surface area contributed by atoms with Crippen LogP contribution in [0.15, 0.2) is 30.3 Å². The van der Waals surface area contributed by atoms with Gasteiger partial charge in [-0.1, -0.05) is 0 Å². The molecule has 1 heterocycles. The first kappa shape index (κ1) is 17.5. The van der Waals surface area contributed by atoms with Crippen molar-refractivity contribution in [1.82, 2.24) is 4.98 Å². The molecule has 1 aromatic heterocycles. The van der Waals surface area contributed by atoms with Crippen LogP contribution in [0.1, 0.15) is 23.9 Å². The number of rotatable bonds is 5. The number of aromatic hydroxyl groups is 2. The lowest BCUT2D eigenvalue weighted by molar-refractivity contribution is -0.688. The zero-order chi connectivity index (χ0) is 17.9. The highest BCUT2D eigenvalue weighted by atomic mass is 35.5. The Kier molecular flexibility index (Phi) is 5.20. The summed E-state index contributed by atoms with van der Waals surface area (Å²) in [4.78, 5) is 19.5. The fraction of sp³-hybridized carbons (Fsp3) is 0.200. The summed E-state index contributed by atoms with van der Waals surface area (Å²) < 4.78 is 0.891. The highest BCUT2D eigenvalue weighted by molar-refractivity contribution is 6.10. The molecule has 9 heteroatoms. The van der Waals surface area contributed by atoms with Crippen molar-refractivity contribution >= 4 is 23.2 Å². The number of nitro groups is 1. The lowest BCUT2D eigenvalue weighted by Crippen LogP contribution is -2.14. The van der Waals surface area contributed by atoms with E-state index in [1.165, 1.54) is 18.2 Å². The van der Waals surface area contributed by atoms with Crippen LogP contribution >= 0.6 is 11.8 Å². The minimum Gasteiger partial charge on any atom is -0.507 e. The second-order valence-corrected chi connectivity index (χ2v) is 5.30. The van der Waals surface area contributed by atoms with Crippen molar-refractivity contribution in [2.75, 3.05) is 0 Å². The first-order valence-corrected chi connectivity index (χ1v) is 7.19. The van der Waals surface area contributed by atoms with Crippen molar-refractivity contribution in [1.29, 1.82) is 0 Å². The number of hydrogen-bond acceptors (Lipinski definition) is 6. The second kappa shape index (κ2) is 7.14. The third-order valence-electron chi connectivity index (χ3n) is 3.23. The first-order valence-electron chi connectivity index (χ1n) is 6.85. The zero-order valence-electron chi connectivity index (χ0n) is 12.9. The SMILES string of the molecule is CC(c1nc(C)ccc1O)=[N+](Cl)OCc1ccc([N+](=O)[O-])cc1O. The molecule has 0 radical (unpaired) electrons. The molecule has 8 nitrogen and oxygen atoms in total. The van der Waals surface area contributed by atoms with Crippen molar-refractivity contribution < 1.29 is 24.2 Å². The van der Waals surface area contributed by atoms with E-state index in [1.54, 1.807) is 19.9 Å². The van der Waals surface area contributed by atoms with Gasteiger partial charge in [-0.15, -0.1) is 0 Å². The summed E-state index contributed by atoms with van der Waals surface area (Å²) in [5.74, 6) is -0.325. The molecule has 24 heavy (non-hydrogen) atoms. The van der Waals surface area contributed by atoms with E-state index in [4.69, 9.17) is 16.6 Å². The molecule has 0 amide bonds. The van der Waals surface area contributed by atoms with Crippen LogP contribution in [0.2, 0.25) is 0 Å². The van der Waals surface area contributed by atoms with Crippen LogP contribution in [0.4, 0.5) is 5.69 Å². The van der Waals surface area contributed by atoms with Gasteiger partial charge in [-0.25, -0.2) is 4.98 Å². The first-order chi connectivity index (χ1) is 11.3. The summed E-state index contributed by atoms with van der Waals surface area (Å²) in [7, 11) is 0. The molecule has 0 atom stereocenters. The number of aromatic nitrogens is 1. The van der Waals surface area contributed by atoms with Crippen LogP contribution in [0.5, 0.6) is 11.5 Å². The monoisotopic (exact) mass is 352 g/mol. The molecule has 0 fully saturated rings. The molecule has 0 aliphatic heterocycles. The Balaban J connectivity index is 2.19. The Bertz CT molecular complexity index is 823. The molecular formula is C15H15ClN3O5+. The fourth-order valence-corrected chi connectivity index (χ4v) is 2.04. The quantitative estimate of drug-likeness (QED) is 0.370. The van der Waals surface area contributed by atoms with Gasteiger partial charge in [0.1, 0.15) is 11.5 Å². The van der Waals surface area contributed by atoms with E-state index in [0.717, 1.165) is 10.3 Å². The number of benzene rings is 1. The topological polar surface area (TPSA) is 109 Å². The van der Waals surface area contributed by atoms with Gasteiger partial charge in [-0.05, 0) is 25.1 Å². The van der Waals surface area contributed by atoms with Gasteiger partial charge in [0.25, 0.3) is 11.4 Å². The molecule has 0 saturated heterocycles. The number of non-ortho nitro benzene ring substituents is 1. The van der Waals surface area contributed by atoms with Gasteiger partial charge in [0.2, 0.25) is 0 Å². The fourth-order valence-electron chi connectivity index (χ4n) is 1.91. The van der Waals surface area contributed by atoms with E-state index in [2.05, 4.69) is 4.98 Å². The van der Waals surface area contributed by atoms with Gasteiger partial charge in [0, 0.05) is 24.2 Å². The number of halogens is 1. The second-order valence-electron chi connectivity index (χ2n) is 4.99. The van der Waals surface area contributed by atoms with Crippen molar-refractivity contribution in [2.45, 2.75) is 20.5 Å². The Morgan fingerprint density at radius 3 is 2.62 bits per heavy atom. The summed E-state index contributed by atoms with van der Waals surface area (Å²) in [5.41, 5.74) is 1.40. The van der Waals surface area contributed by atoms with E-state index in [9.17, 15) is 20.3 Å². The number of aryl methyl sites for hydroxylation is 1. The predicted octanol–water partition coefficient (Wildman–Crippen LogP) is 2.82. The summed E-state index contributed by atoms with van der Waals surface area (Å²) in [5, 5.41) is 30.3. The van der Waals surface area contributed by atoms with Gasteiger partial charge >= 0.3 is 11.8 Å². The molecule has 0 aliphatic carbocycles. The Labute approximate surface area is 142 Å². The van der Waals surface area contributed by atoms with E-state index < -0.39 is 4.92 Å². The van der Waals surface area contributed by atoms with Gasteiger partial charge in [0.05, 0.1) is 15.2 Å². The molecule has 1 aromatic carbocycles. The lowest BCUT2D eigenvalue weighted by Gasteiger charge is -2.04. The normalized spacial score (nSPS) is 11.8. The lowest BCUT2D eigenvalue weighted by atomic mass is 10.2. The molecule has 2 aromatic rings. The number of phenols is 1. The molecule has 0 bridgehead atoms. The number of nitro benzene ring substituents is 1. The summed E-state index contributed by atoms with van der Waals surface area (Å²) in [6, 6.07) is 6.80. The smallest absolute Gasteiger partial charge is 0.319 e. The third kappa shape index (κ3) is 3.90. The average Bonchev–Trinajstić information content (AvgIpc) is 2.54. The van der Waals surface area contributed by atoms with Crippen LogP contribution in [0.3, 0.4) is 0 Å². The number of hydrogen-bond donors (Lipinski definition) is 2. The maximum atomic E-state index is 10.6. The van der Waals surface area contributed by atoms with Gasteiger partial charge in [-0.2, -0.15) is 0 Å². The molecule has 2 N–H and O–H groups in total. The number of phenolic OH excluding ortho intramolecular Hbond substituents is 1. The summed E-state index contributed by atoms with van der Waals surface area (Å²) in [6.07, 6.45) is 0. The van der Waals surface area contributed by atoms with Crippen LogP contribution in [0, 0.1) is 17.0 Å². The van der Waals surface area contributed by atoms with Crippen molar-refractivity contribution in [3.8, 4) is 11.5 Å². The van der Waals surface area contributed by atoms with Gasteiger partial charge < -0.3 is 10.2 Å². The van der Waals surface area contributed by atoms with E-state index in [-0.39, 0.29) is 29.5 Å². The standard InChI is InChI=1S/C15H14ClN3O5/c1-9-3-6-13(20)15(17-9)10(2)18(16)24-8-11-4-5-12(19(22)23)7-14(11)21/h3-7,21H,8H2,1-2H3/p+1. The maximum Gasteiger partial charge on any atom is 0.319 e. The van der Waals surface area contributed by atoms with Crippen LogP contribution in [-0.4, -0.2) is 30.1 Å². The molecule has 2 rings (SSSR count). The van der Waals surface area contributed by atoms with Crippen LogP contribution in [0.25, 0.3) is 0 Å². The molecule has 0 saturated carbocycles. The number of pyridine rings is 1. The van der Waals surface area contributed by atoms with E-state index >= 15 is 0 Å². The van der Waals surface area contributed by atoms with Crippen molar-refractivity contribution in [3.05, 3.63) is 57.4 Å². The summed E-state index contributed by atoms with van der Waals surface area (Å²) >= 11 is 6.01. The van der Waals surface area contributed by atoms with Crippen molar-refractivity contribution in [3.63, 3.8) is 0 Å². The third-order valence-corrected chi connectivity index (χ3v) is 3.58. The Hall–Kier alpha value is -2.87. The zero-order valence-corrected chi connectivity index (χ0v) is 13.7. The predicted molar refractivity (Wildman–Crippen MR) is 86.1 cm³/mol. The average molecular weight is 353 g/mol. The molecule has 0 spiro atoms. The largest absolute Gasteiger partial charge is 0.507 e. The highest BCUT2D eigenvalue weighted by Gasteiger charge is 2.20. The van der Waals surface area contributed by atoms with Crippen molar-refractivity contribution in [2.24, 2.45) is 0 Å². The van der Waals surface area contributed by atoms with Gasteiger partial charge in [0.15, 0.2) is 12.3 Å². The Morgan fingerprint density at radius 1 is 1.29 bits per heavy atom. The minimum atomic E-state index is -0.609. The minimum absolute atomic E-state index is 0.0504. The number of nitrogens with zero attached hydrogens (tertiary/aromatic N) is 3. The van der Waals surface area contributed by atoms with E-state index in [0.29, 0.717) is 17.0 Å². The molecule has 126 valence electrons. The van der Waals surface area contributed by atoms with Crippen LogP contribution < -0.4 is 0 Å². The van der Waals surface area contributed by atoms with E-state index in [1.807, 2.05) is 0 Å². The molecule has 0 aliphatic rings. The van der Waals surface area contributed by atoms with Gasteiger partial charge in [-0.3, -0.25) is 15.0 Å². The highest BCUT2D eigenvalue weighted by Crippen LogP contribution is 2.24. The maximum absolute atomic E-state index is 10.6.